The standard InChI is InChI=1S/C28H37F2NO2/c1-8-33-23(32)14-22(31-15-28(5,6)7)25-26(29)20(19-9-10-19)13-21(27(25)30)24-17(3)11-16(2)12-18(24)4/h11-13,19,22,31H,8-10,14-15H2,1-7H3/t22-/m0/s1. The van der Waals surface area contributed by atoms with Crippen molar-refractivity contribution in [2.75, 3.05) is 13.2 Å². The molecule has 0 saturated heterocycles. The Balaban J connectivity index is 2.20. The number of ether oxygens (including phenoxy) is 1. The third-order valence-electron chi connectivity index (χ3n) is 6.13. The Bertz CT molecular complexity index is 1010. The van der Waals surface area contributed by atoms with Crippen LogP contribution in [0.25, 0.3) is 11.1 Å². The number of carbonyl (C=O) groups is 1. The summed E-state index contributed by atoms with van der Waals surface area (Å²) in [4.78, 5) is 12.4. The van der Waals surface area contributed by atoms with E-state index in [4.69, 9.17) is 4.74 Å². The number of rotatable bonds is 8. The van der Waals surface area contributed by atoms with Gasteiger partial charge in [-0.3, -0.25) is 4.79 Å². The van der Waals surface area contributed by atoms with Crippen LogP contribution in [0.2, 0.25) is 0 Å². The second kappa shape index (κ2) is 9.92. The highest BCUT2D eigenvalue weighted by atomic mass is 19.1. The molecule has 2 aromatic carbocycles. The van der Waals surface area contributed by atoms with E-state index in [1.807, 2.05) is 53.7 Å². The van der Waals surface area contributed by atoms with E-state index in [-0.39, 0.29) is 29.9 Å². The number of hydrogen-bond donors (Lipinski definition) is 1. The molecule has 0 spiro atoms. The highest BCUT2D eigenvalue weighted by Gasteiger charge is 2.34. The Labute approximate surface area is 196 Å². The van der Waals surface area contributed by atoms with E-state index < -0.39 is 23.6 Å². The van der Waals surface area contributed by atoms with Crippen LogP contribution in [0, 0.1) is 37.8 Å². The average Bonchev–Trinajstić information content (AvgIpc) is 3.51. The summed E-state index contributed by atoms with van der Waals surface area (Å²) in [6.45, 7) is 14.5. The molecule has 5 heteroatoms. The Morgan fingerprint density at radius 3 is 2.21 bits per heavy atom. The van der Waals surface area contributed by atoms with E-state index in [9.17, 15) is 4.79 Å². The smallest absolute Gasteiger partial charge is 0.307 e. The summed E-state index contributed by atoms with van der Waals surface area (Å²) >= 11 is 0. The van der Waals surface area contributed by atoms with Gasteiger partial charge in [-0.2, -0.15) is 0 Å². The van der Waals surface area contributed by atoms with E-state index in [2.05, 4.69) is 5.32 Å². The molecular formula is C28H37F2NO2. The Hall–Kier alpha value is -2.27. The number of esters is 1. The highest BCUT2D eigenvalue weighted by Crippen LogP contribution is 2.46. The van der Waals surface area contributed by atoms with Gasteiger partial charge in [-0.15, -0.1) is 0 Å². The molecule has 0 aromatic heterocycles. The highest BCUT2D eigenvalue weighted by molar-refractivity contribution is 5.75. The van der Waals surface area contributed by atoms with Crippen molar-refractivity contribution in [3.63, 3.8) is 0 Å². The van der Waals surface area contributed by atoms with E-state index in [1.54, 1.807) is 13.0 Å². The van der Waals surface area contributed by atoms with Crippen LogP contribution in [0.1, 0.15) is 86.7 Å². The number of halogens is 2. The van der Waals surface area contributed by atoms with Crippen molar-refractivity contribution >= 4 is 5.97 Å². The molecule has 1 saturated carbocycles. The van der Waals surface area contributed by atoms with Gasteiger partial charge in [0, 0.05) is 23.7 Å². The molecule has 1 aliphatic rings. The topological polar surface area (TPSA) is 38.3 Å². The Morgan fingerprint density at radius 1 is 1.09 bits per heavy atom. The molecule has 0 heterocycles. The van der Waals surface area contributed by atoms with E-state index in [0.29, 0.717) is 17.7 Å². The molecule has 3 nitrogen and oxygen atoms in total. The van der Waals surface area contributed by atoms with Crippen LogP contribution in [0.5, 0.6) is 0 Å². The second-order valence-corrected chi connectivity index (χ2v) is 10.6. The van der Waals surface area contributed by atoms with Gasteiger partial charge in [0.25, 0.3) is 0 Å². The lowest BCUT2D eigenvalue weighted by molar-refractivity contribution is -0.143. The number of hydrogen-bond acceptors (Lipinski definition) is 3. The zero-order valence-electron chi connectivity index (χ0n) is 21.0. The maximum atomic E-state index is 16.2. The number of benzene rings is 2. The van der Waals surface area contributed by atoms with Gasteiger partial charge in [0.1, 0.15) is 11.6 Å². The number of aryl methyl sites for hydroxylation is 3. The van der Waals surface area contributed by atoms with Crippen LogP contribution < -0.4 is 5.32 Å². The quantitative estimate of drug-likeness (QED) is 0.431. The summed E-state index contributed by atoms with van der Waals surface area (Å²) in [7, 11) is 0. The van der Waals surface area contributed by atoms with Gasteiger partial charge < -0.3 is 10.1 Å². The third-order valence-corrected chi connectivity index (χ3v) is 6.13. The van der Waals surface area contributed by atoms with Crippen LogP contribution in [0.4, 0.5) is 8.78 Å². The van der Waals surface area contributed by atoms with Gasteiger partial charge in [0.2, 0.25) is 0 Å². The number of carbonyl (C=O) groups excluding carboxylic acids is 1. The molecule has 0 aliphatic heterocycles. The van der Waals surface area contributed by atoms with Gasteiger partial charge in [-0.05, 0) is 80.2 Å². The first kappa shape index (κ1) is 25.4. The Morgan fingerprint density at radius 2 is 1.70 bits per heavy atom. The van der Waals surface area contributed by atoms with Crippen molar-refractivity contribution in [2.45, 2.75) is 79.7 Å². The van der Waals surface area contributed by atoms with Gasteiger partial charge in [-0.25, -0.2) is 8.78 Å². The van der Waals surface area contributed by atoms with Gasteiger partial charge in [0.15, 0.2) is 0 Å². The minimum atomic E-state index is -0.813. The average molecular weight is 458 g/mol. The molecule has 0 unspecified atom stereocenters. The summed E-state index contributed by atoms with van der Waals surface area (Å²) in [5, 5.41) is 3.27. The third kappa shape index (κ3) is 6.00. The van der Waals surface area contributed by atoms with Crippen molar-refractivity contribution in [3.05, 3.63) is 57.7 Å². The van der Waals surface area contributed by atoms with Crippen molar-refractivity contribution in [2.24, 2.45) is 5.41 Å². The lowest BCUT2D eigenvalue weighted by Gasteiger charge is -2.27. The van der Waals surface area contributed by atoms with Crippen molar-refractivity contribution in [1.29, 1.82) is 0 Å². The van der Waals surface area contributed by atoms with Gasteiger partial charge in [-0.1, -0.05) is 38.5 Å². The van der Waals surface area contributed by atoms with Crippen LogP contribution in [-0.2, 0) is 9.53 Å². The van der Waals surface area contributed by atoms with Crippen LogP contribution in [-0.4, -0.2) is 19.1 Å². The van der Waals surface area contributed by atoms with E-state index >= 15 is 8.78 Å². The summed E-state index contributed by atoms with van der Waals surface area (Å²) < 4.78 is 37.2. The summed E-state index contributed by atoms with van der Waals surface area (Å²) in [6, 6.07) is 4.93. The zero-order chi connectivity index (χ0) is 24.5. The van der Waals surface area contributed by atoms with Crippen molar-refractivity contribution in [3.8, 4) is 11.1 Å². The molecule has 1 atom stereocenters. The van der Waals surface area contributed by atoms with E-state index in [0.717, 1.165) is 35.1 Å². The van der Waals surface area contributed by atoms with Crippen LogP contribution in [0.3, 0.4) is 0 Å². The molecule has 1 fully saturated rings. The largest absolute Gasteiger partial charge is 0.466 e. The molecular weight excluding hydrogens is 420 g/mol. The van der Waals surface area contributed by atoms with Crippen molar-refractivity contribution < 1.29 is 18.3 Å². The minimum Gasteiger partial charge on any atom is -0.466 e. The first-order valence-corrected chi connectivity index (χ1v) is 11.9. The lowest BCUT2D eigenvalue weighted by Crippen LogP contribution is -2.33. The predicted molar refractivity (Wildman–Crippen MR) is 129 cm³/mol. The first-order valence-electron chi connectivity index (χ1n) is 11.9. The van der Waals surface area contributed by atoms with Crippen LogP contribution >= 0.6 is 0 Å². The molecule has 2 aromatic rings. The SMILES string of the molecule is CCOC(=O)C[C@H](NCC(C)(C)C)c1c(F)c(-c2c(C)cc(C)cc2C)cc(C2CC2)c1F. The zero-order valence-corrected chi connectivity index (χ0v) is 21.0. The molecule has 180 valence electrons. The van der Waals surface area contributed by atoms with Gasteiger partial charge in [0.05, 0.1) is 13.0 Å². The van der Waals surface area contributed by atoms with Gasteiger partial charge >= 0.3 is 5.97 Å². The molecule has 0 amide bonds. The normalized spacial score (nSPS) is 14.9. The Kier molecular flexibility index (Phi) is 7.62. The molecule has 33 heavy (non-hydrogen) atoms. The first-order chi connectivity index (χ1) is 15.4. The molecule has 0 radical (unpaired) electrons. The summed E-state index contributed by atoms with van der Waals surface area (Å²) in [5.74, 6) is -1.50. The monoisotopic (exact) mass is 457 g/mol. The molecule has 3 rings (SSSR count). The second-order valence-electron chi connectivity index (χ2n) is 10.6. The lowest BCUT2D eigenvalue weighted by atomic mass is 9.87. The summed E-state index contributed by atoms with van der Waals surface area (Å²) in [5.41, 5.74) is 4.59. The molecule has 0 bridgehead atoms. The van der Waals surface area contributed by atoms with E-state index in [1.165, 1.54) is 0 Å². The predicted octanol–water partition coefficient (Wildman–Crippen LogP) is 7.06. The minimum absolute atomic E-state index is 0.0499. The fourth-order valence-corrected chi connectivity index (χ4v) is 4.56. The fourth-order valence-electron chi connectivity index (χ4n) is 4.56. The summed E-state index contributed by atoms with van der Waals surface area (Å²) in [6.07, 6.45) is 1.66. The number of nitrogens with one attached hydrogen (secondary N) is 1. The van der Waals surface area contributed by atoms with Crippen LogP contribution in [0.15, 0.2) is 18.2 Å². The maximum absolute atomic E-state index is 16.2. The maximum Gasteiger partial charge on any atom is 0.307 e. The fraction of sp³-hybridized carbons (Fsp3) is 0.536. The molecule has 1 N–H and O–H groups in total. The van der Waals surface area contributed by atoms with Crippen molar-refractivity contribution in [1.82, 2.24) is 5.32 Å². The molecule has 1 aliphatic carbocycles.